The molecule has 2 aromatic rings. The highest BCUT2D eigenvalue weighted by molar-refractivity contribution is 5.76. The fourth-order valence-corrected chi connectivity index (χ4v) is 3.18. The Balaban J connectivity index is 1.70. The molecule has 2 heterocycles. The van der Waals surface area contributed by atoms with E-state index in [4.69, 9.17) is 0 Å². The molecule has 5 heteroatoms. The van der Waals surface area contributed by atoms with E-state index in [-0.39, 0.29) is 11.9 Å². The van der Waals surface area contributed by atoms with E-state index in [2.05, 4.69) is 48.1 Å². The van der Waals surface area contributed by atoms with Crippen molar-refractivity contribution in [1.82, 2.24) is 19.4 Å². The number of nitrogens with zero attached hydrogens (tertiary/aromatic N) is 4. The van der Waals surface area contributed by atoms with Crippen LogP contribution < -0.4 is 0 Å². The summed E-state index contributed by atoms with van der Waals surface area (Å²) in [5, 5.41) is 0. The van der Waals surface area contributed by atoms with E-state index in [1.807, 2.05) is 21.7 Å². The van der Waals surface area contributed by atoms with Gasteiger partial charge in [0.05, 0.1) is 6.04 Å². The standard InChI is InChI=1S/C18H24N4O/c1-3-17-19-9-10-21(17)14-18(23)22-12-11-20(2)16(13-22)15-7-5-4-6-8-15/h4-10,16H,3,11-14H2,1-2H3. The average molecular weight is 312 g/mol. The quantitative estimate of drug-likeness (QED) is 0.866. The second kappa shape index (κ2) is 6.96. The third-order valence-corrected chi connectivity index (χ3v) is 4.61. The molecule has 3 rings (SSSR count). The molecule has 5 nitrogen and oxygen atoms in total. The summed E-state index contributed by atoms with van der Waals surface area (Å²) in [6.07, 6.45) is 4.50. The van der Waals surface area contributed by atoms with Crippen molar-refractivity contribution < 1.29 is 4.79 Å². The molecule has 23 heavy (non-hydrogen) atoms. The first-order valence-electron chi connectivity index (χ1n) is 8.22. The Hall–Kier alpha value is -2.14. The minimum absolute atomic E-state index is 0.173. The van der Waals surface area contributed by atoms with Gasteiger partial charge in [0, 0.05) is 38.4 Å². The number of piperazine rings is 1. The van der Waals surface area contributed by atoms with Gasteiger partial charge in [-0.1, -0.05) is 37.3 Å². The van der Waals surface area contributed by atoms with Crippen LogP contribution in [-0.4, -0.2) is 51.9 Å². The Morgan fingerprint density at radius 1 is 1.26 bits per heavy atom. The molecule has 1 aromatic heterocycles. The van der Waals surface area contributed by atoms with Gasteiger partial charge in [-0.3, -0.25) is 9.69 Å². The zero-order chi connectivity index (χ0) is 16.2. The largest absolute Gasteiger partial charge is 0.338 e. The van der Waals surface area contributed by atoms with Crippen LogP contribution in [0.15, 0.2) is 42.7 Å². The summed E-state index contributed by atoms with van der Waals surface area (Å²) in [6, 6.07) is 10.7. The van der Waals surface area contributed by atoms with Gasteiger partial charge in [0.2, 0.25) is 5.91 Å². The maximum absolute atomic E-state index is 12.7. The van der Waals surface area contributed by atoms with Crippen LogP contribution in [0.2, 0.25) is 0 Å². The highest BCUT2D eigenvalue weighted by atomic mass is 16.2. The molecule has 1 aromatic carbocycles. The van der Waals surface area contributed by atoms with E-state index in [0.29, 0.717) is 6.54 Å². The minimum Gasteiger partial charge on any atom is -0.338 e. The number of aromatic nitrogens is 2. The first-order valence-corrected chi connectivity index (χ1v) is 8.22. The van der Waals surface area contributed by atoms with Gasteiger partial charge in [-0.2, -0.15) is 0 Å². The van der Waals surface area contributed by atoms with E-state index in [9.17, 15) is 4.79 Å². The zero-order valence-corrected chi connectivity index (χ0v) is 13.9. The van der Waals surface area contributed by atoms with Crippen LogP contribution in [-0.2, 0) is 17.8 Å². The van der Waals surface area contributed by atoms with E-state index < -0.39 is 0 Å². The summed E-state index contributed by atoms with van der Waals surface area (Å²) in [4.78, 5) is 21.3. The third kappa shape index (κ3) is 3.45. The van der Waals surface area contributed by atoms with Crippen LogP contribution in [0.25, 0.3) is 0 Å². The summed E-state index contributed by atoms with van der Waals surface area (Å²) in [5.41, 5.74) is 1.27. The monoisotopic (exact) mass is 312 g/mol. The molecule has 1 aliphatic heterocycles. The van der Waals surface area contributed by atoms with Crippen LogP contribution >= 0.6 is 0 Å². The number of likely N-dealkylation sites (N-methyl/N-ethyl adjacent to an activating group) is 1. The van der Waals surface area contributed by atoms with Crippen molar-refractivity contribution in [2.24, 2.45) is 0 Å². The van der Waals surface area contributed by atoms with Crippen LogP contribution in [0.1, 0.15) is 24.4 Å². The normalized spacial score (nSPS) is 19.0. The Morgan fingerprint density at radius 2 is 2.04 bits per heavy atom. The third-order valence-electron chi connectivity index (χ3n) is 4.61. The molecule has 0 N–H and O–H groups in total. The first kappa shape index (κ1) is 15.7. The van der Waals surface area contributed by atoms with Crippen LogP contribution in [0.3, 0.4) is 0 Å². The first-order chi connectivity index (χ1) is 11.2. The molecular formula is C18H24N4O. The van der Waals surface area contributed by atoms with E-state index >= 15 is 0 Å². The van der Waals surface area contributed by atoms with Crippen LogP contribution in [0.5, 0.6) is 0 Å². The van der Waals surface area contributed by atoms with E-state index in [0.717, 1.165) is 31.9 Å². The van der Waals surface area contributed by atoms with Crippen LogP contribution in [0.4, 0.5) is 0 Å². The van der Waals surface area contributed by atoms with Gasteiger partial charge in [-0.25, -0.2) is 4.98 Å². The summed E-state index contributed by atoms with van der Waals surface area (Å²) in [5.74, 6) is 1.14. The summed E-state index contributed by atoms with van der Waals surface area (Å²) < 4.78 is 1.96. The molecule has 1 aliphatic rings. The molecule has 1 unspecified atom stereocenters. The fourth-order valence-electron chi connectivity index (χ4n) is 3.18. The number of benzene rings is 1. The fraction of sp³-hybridized carbons (Fsp3) is 0.444. The molecule has 0 radical (unpaired) electrons. The molecule has 1 atom stereocenters. The minimum atomic E-state index is 0.173. The number of imidazole rings is 1. The molecule has 1 amide bonds. The Labute approximate surface area is 137 Å². The van der Waals surface area contributed by atoms with Gasteiger partial charge in [-0.15, -0.1) is 0 Å². The molecule has 0 saturated carbocycles. The Morgan fingerprint density at radius 3 is 2.78 bits per heavy atom. The lowest BCUT2D eigenvalue weighted by atomic mass is 10.0. The van der Waals surface area contributed by atoms with Gasteiger partial charge < -0.3 is 9.47 Å². The second-order valence-electron chi connectivity index (χ2n) is 6.07. The van der Waals surface area contributed by atoms with Crippen molar-refractivity contribution in [2.75, 3.05) is 26.7 Å². The lowest BCUT2D eigenvalue weighted by molar-refractivity contribution is -0.134. The number of amides is 1. The summed E-state index contributed by atoms with van der Waals surface area (Å²) >= 11 is 0. The molecular weight excluding hydrogens is 288 g/mol. The lowest BCUT2D eigenvalue weighted by Gasteiger charge is -2.39. The molecule has 122 valence electrons. The Bertz CT molecular complexity index is 652. The van der Waals surface area contributed by atoms with Gasteiger partial charge in [0.1, 0.15) is 12.4 Å². The van der Waals surface area contributed by atoms with Gasteiger partial charge in [0.25, 0.3) is 0 Å². The maximum atomic E-state index is 12.7. The SMILES string of the molecule is CCc1nccn1CC(=O)N1CCN(C)C(c2ccccc2)C1. The molecule has 1 fully saturated rings. The highest BCUT2D eigenvalue weighted by Crippen LogP contribution is 2.24. The predicted molar refractivity (Wildman–Crippen MR) is 90.0 cm³/mol. The van der Waals surface area contributed by atoms with Crippen molar-refractivity contribution in [3.05, 3.63) is 54.1 Å². The molecule has 0 aliphatic carbocycles. The number of carbonyl (C=O) groups excluding carboxylic acids is 1. The number of hydrogen-bond acceptors (Lipinski definition) is 3. The predicted octanol–water partition coefficient (Wildman–Crippen LogP) is 1.96. The van der Waals surface area contributed by atoms with E-state index in [1.165, 1.54) is 5.56 Å². The maximum Gasteiger partial charge on any atom is 0.242 e. The molecule has 0 spiro atoms. The smallest absolute Gasteiger partial charge is 0.242 e. The number of carbonyl (C=O) groups is 1. The highest BCUT2D eigenvalue weighted by Gasteiger charge is 2.28. The molecule has 1 saturated heterocycles. The van der Waals surface area contributed by atoms with Crippen LogP contribution in [0, 0.1) is 0 Å². The van der Waals surface area contributed by atoms with Crippen molar-refractivity contribution >= 4 is 5.91 Å². The Kier molecular flexibility index (Phi) is 4.76. The number of rotatable bonds is 4. The van der Waals surface area contributed by atoms with Gasteiger partial charge >= 0.3 is 0 Å². The van der Waals surface area contributed by atoms with Crippen molar-refractivity contribution in [3.63, 3.8) is 0 Å². The van der Waals surface area contributed by atoms with E-state index in [1.54, 1.807) is 6.20 Å². The van der Waals surface area contributed by atoms with Gasteiger partial charge in [0.15, 0.2) is 0 Å². The molecule has 0 bridgehead atoms. The van der Waals surface area contributed by atoms with Crippen molar-refractivity contribution in [1.29, 1.82) is 0 Å². The lowest BCUT2D eigenvalue weighted by Crippen LogP contribution is -2.49. The number of hydrogen-bond donors (Lipinski definition) is 0. The number of aryl methyl sites for hydroxylation is 1. The zero-order valence-electron chi connectivity index (χ0n) is 13.9. The summed E-state index contributed by atoms with van der Waals surface area (Å²) in [7, 11) is 2.13. The topological polar surface area (TPSA) is 41.4 Å². The summed E-state index contributed by atoms with van der Waals surface area (Å²) in [6.45, 7) is 4.87. The second-order valence-corrected chi connectivity index (χ2v) is 6.07. The average Bonchev–Trinajstić information content (AvgIpc) is 3.03. The van der Waals surface area contributed by atoms with Gasteiger partial charge in [-0.05, 0) is 12.6 Å². The van der Waals surface area contributed by atoms with Crippen molar-refractivity contribution in [3.8, 4) is 0 Å². The van der Waals surface area contributed by atoms with Crippen molar-refractivity contribution in [2.45, 2.75) is 25.9 Å².